The third kappa shape index (κ3) is 12.6. The molecule has 0 saturated heterocycles. The molecule has 0 aromatic heterocycles. The Morgan fingerprint density at radius 2 is 1.24 bits per heavy atom. The predicted molar refractivity (Wildman–Crippen MR) is 84.1 cm³/mol. The topological polar surface area (TPSA) is 0 Å². The zero-order valence-corrected chi connectivity index (χ0v) is 13.1. The fraction of sp³-hybridized carbons (Fsp3) is 1.00. The van der Waals surface area contributed by atoms with Crippen LogP contribution in [-0.4, -0.2) is 5.75 Å². The van der Waals surface area contributed by atoms with E-state index in [1.165, 1.54) is 77.0 Å². The van der Waals surface area contributed by atoms with Crippen molar-refractivity contribution in [1.82, 2.24) is 0 Å². The Bertz CT molecular complexity index is 133. The first-order chi connectivity index (χ1) is 8.35. The summed E-state index contributed by atoms with van der Waals surface area (Å²) in [6.45, 7) is 4.65. The lowest BCUT2D eigenvalue weighted by Gasteiger charge is -2.14. The number of unbranched alkanes of at least 4 members (excludes halogenated alkanes) is 7. The summed E-state index contributed by atoms with van der Waals surface area (Å²) in [6, 6.07) is 0. The Labute approximate surface area is 115 Å². The van der Waals surface area contributed by atoms with Crippen molar-refractivity contribution < 1.29 is 0 Å². The minimum Gasteiger partial charge on any atom is -0.179 e. The number of rotatable bonds is 13. The fourth-order valence-corrected chi connectivity index (χ4v) is 2.71. The number of thiol groups is 1. The van der Waals surface area contributed by atoms with Gasteiger partial charge in [-0.15, -0.1) is 0 Å². The van der Waals surface area contributed by atoms with Gasteiger partial charge in [-0.1, -0.05) is 84.5 Å². The maximum absolute atomic E-state index is 4.27. The molecule has 0 bridgehead atoms. The van der Waals surface area contributed by atoms with Crippen LogP contribution in [0, 0.1) is 5.92 Å². The molecule has 0 fully saturated rings. The van der Waals surface area contributed by atoms with E-state index < -0.39 is 0 Å². The Balaban J connectivity index is 3.28. The van der Waals surface area contributed by atoms with Gasteiger partial charge in [-0.25, -0.2) is 0 Å². The van der Waals surface area contributed by atoms with Crippen LogP contribution < -0.4 is 0 Å². The Hall–Kier alpha value is 0.350. The molecule has 0 aliphatic carbocycles. The first-order valence-electron chi connectivity index (χ1n) is 7.96. The van der Waals surface area contributed by atoms with E-state index in [2.05, 4.69) is 26.5 Å². The molecular weight excluding hydrogens is 224 g/mol. The zero-order valence-electron chi connectivity index (χ0n) is 12.2. The molecule has 0 aromatic carbocycles. The lowest BCUT2D eigenvalue weighted by atomic mass is 9.92. The van der Waals surface area contributed by atoms with Gasteiger partial charge < -0.3 is 0 Å². The van der Waals surface area contributed by atoms with E-state index in [4.69, 9.17) is 0 Å². The van der Waals surface area contributed by atoms with Crippen molar-refractivity contribution >= 4 is 12.6 Å². The molecule has 0 aromatic rings. The number of hydrogen-bond acceptors (Lipinski definition) is 1. The summed E-state index contributed by atoms with van der Waals surface area (Å²) in [5, 5.41) is 0. The highest BCUT2D eigenvalue weighted by molar-refractivity contribution is 7.80. The third-order valence-electron chi connectivity index (χ3n) is 3.81. The van der Waals surface area contributed by atoms with Gasteiger partial charge in [0, 0.05) is 0 Å². The molecule has 0 radical (unpaired) electrons. The van der Waals surface area contributed by atoms with Crippen LogP contribution in [0.2, 0.25) is 0 Å². The van der Waals surface area contributed by atoms with E-state index in [0.29, 0.717) is 0 Å². The second-order valence-electron chi connectivity index (χ2n) is 5.40. The van der Waals surface area contributed by atoms with Crippen molar-refractivity contribution in [2.24, 2.45) is 5.92 Å². The molecule has 17 heavy (non-hydrogen) atoms. The standard InChI is InChI=1S/C16H34S/c1-3-5-6-7-8-10-13-16(4-2)14-11-9-12-15-17/h16-17H,3-15H2,1-2H3. The Morgan fingerprint density at radius 3 is 1.76 bits per heavy atom. The van der Waals surface area contributed by atoms with Gasteiger partial charge in [0.25, 0.3) is 0 Å². The van der Waals surface area contributed by atoms with Gasteiger partial charge in [0.15, 0.2) is 0 Å². The first-order valence-corrected chi connectivity index (χ1v) is 8.59. The van der Waals surface area contributed by atoms with Crippen molar-refractivity contribution in [3.8, 4) is 0 Å². The Morgan fingerprint density at radius 1 is 0.706 bits per heavy atom. The van der Waals surface area contributed by atoms with E-state index >= 15 is 0 Å². The zero-order chi connectivity index (χ0) is 12.8. The maximum atomic E-state index is 4.27. The van der Waals surface area contributed by atoms with Gasteiger partial charge in [-0.05, 0) is 18.1 Å². The average molecular weight is 259 g/mol. The van der Waals surface area contributed by atoms with Crippen molar-refractivity contribution in [3.05, 3.63) is 0 Å². The molecule has 1 atom stereocenters. The summed E-state index contributed by atoms with van der Waals surface area (Å²) in [5.74, 6) is 2.06. The molecule has 0 aliphatic heterocycles. The molecule has 0 heterocycles. The number of hydrogen-bond donors (Lipinski definition) is 1. The maximum Gasteiger partial charge on any atom is -0.00979 e. The highest BCUT2D eigenvalue weighted by Crippen LogP contribution is 2.21. The van der Waals surface area contributed by atoms with Crippen molar-refractivity contribution in [2.45, 2.75) is 90.9 Å². The van der Waals surface area contributed by atoms with Crippen LogP contribution in [0.4, 0.5) is 0 Å². The smallest absolute Gasteiger partial charge is 0.00979 e. The second-order valence-corrected chi connectivity index (χ2v) is 5.85. The molecule has 1 heteroatoms. The van der Waals surface area contributed by atoms with Crippen LogP contribution in [0.3, 0.4) is 0 Å². The van der Waals surface area contributed by atoms with Crippen molar-refractivity contribution in [2.75, 3.05) is 5.75 Å². The molecule has 0 N–H and O–H groups in total. The lowest BCUT2D eigenvalue weighted by Crippen LogP contribution is -1.99. The first kappa shape index (κ1) is 17.4. The van der Waals surface area contributed by atoms with Gasteiger partial charge in [0.1, 0.15) is 0 Å². The van der Waals surface area contributed by atoms with Crippen LogP contribution >= 0.6 is 12.6 Å². The Kier molecular flexibility index (Phi) is 14.7. The van der Waals surface area contributed by atoms with E-state index in [-0.39, 0.29) is 0 Å². The summed E-state index contributed by atoms with van der Waals surface area (Å²) in [4.78, 5) is 0. The average Bonchev–Trinajstić information content (AvgIpc) is 2.36. The third-order valence-corrected chi connectivity index (χ3v) is 4.13. The van der Waals surface area contributed by atoms with E-state index in [1.807, 2.05) is 0 Å². The van der Waals surface area contributed by atoms with Crippen LogP contribution in [0.1, 0.15) is 90.9 Å². The normalized spacial score (nSPS) is 12.9. The highest BCUT2D eigenvalue weighted by Gasteiger charge is 2.05. The van der Waals surface area contributed by atoms with E-state index in [9.17, 15) is 0 Å². The van der Waals surface area contributed by atoms with E-state index in [0.717, 1.165) is 11.7 Å². The van der Waals surface area contributed by atoms with Crippen LogP contribution in [0.15, 0.2) is 0 Å². The van der Waals surface area contributed by atoms with Gasteiger partial charge in [-0.3, -0.25) is 0 Å². The monoisotopic (exact) mass is 258 g/mol. The SMILES string of the molecule is CCCCCCCCC(CC)CCCCCS. The molecule has 0 amide bonds. The quantitative estimate of drug-likeness (QED) is 0.293. The fourth-order valence-electron chi connectivity index (χ4n) is 2.49. The minimum absolute atomic E-state index is 1.00. The van der Waals surface area contributed by atoms with Gasteiger partial charge in [0.2, 0.25) is 0 Å². The van der Waals surface area contributed by atoms with Crippen molar-refractivity contribution in [1.29, 1.82) is 0 Å². The lowest BCUT2D eigenvalue weighted by molar-refractivity contribution is 0.396. The summed E-state index contributed by atoms with van der Waals surface area (Å²) in [5.41, 5.74) is 0. The predicted octanol–water partition coefficient (Wildman–Crippen LogP) is 6.25. The summed E-state index contributed by atoms with van der Waals surface area (Å²) in [7, 11) is 0. The molecule has 0 nitrogen and oxygen atoms in total. The molecule has 0 rings (SSSR count). The molecular formula is C16H34S. The van der Waals surface area contributed by atoms with Gasteiger partial charge in [0.05, 0.1) is 0 Å². The van der Waals surface area contributed by atoms with Crippen LogP contribution in [0.5, 0.6) is 0 Å². The molecule has 0 spiro atoms. The molecule has 0 aliphatic rings. The highest BCUT2D eigenvalue weighted by atomic mass is 32.1. The summed E-state index contributed by atoms with van der Waals surface area (Å²) >= 11 is 4.27. The molecule has 104 valence electrons. The van der Waals surface area contributed by atoms with E-state index in [1.54, 1.807) is 0 Å². The summed E-state index contributed by atoms with van der Waals surface area (Å²) in [6.07, 6.45) is 17.1. The van der Waals surface area contributed by atoms with Gasteiger partial charge in [-0.2, -0.15) is 12.6 Å². The molecule has 0 saturated carbocycles. The second kappa shape index (κ2) is 14.4. The van der Waals surface area contributed by atoms with Crippen LogP contribution in [-0.2, 0) is 0 Å². The van der Waals surface area contributed by atoms with Crippen LogP contribution in [0.25, 0.3) is 0 Å². The van der Waals surface area contributed by atoms with Crippen molar-refractivity contribution in [3.63, 3.8) is 0 Å². The minimum atomic E-state index is 1.00. The summed E-state index contributed by atoms with van der Waals surface area (Å²) < 4.78 is 0. The van der Waals surface area contributed by atoms with Gasteiger partial charge >= 0.3 is 0 Å². The largest absolute Gasteiger partial charge is 0.179 e. The molecule has 1 unspecified atom stereocenters.